The van der Waals surface area contributed by atoms with E-state index >= 15 is 0 Å². The average Bonchev–Trinajstić information content (AvgIpc) is 2.76. The topological polar surface area (TPSA) is 26.0 Å². The number of hydrogen-bond acceptors (Lipinski definition) is 2. The van der Waals surface area contributed by atoms with Crippen molar-refractivity contribution < 1.29 is 4.42 Å². The summed E-state index contributed by atoms with van der Waals surface area (Å²) in [6.07, 6.45) is 7.22. The van der Waals surface area contributed by atoms with Crippen LogP contribution in [0.15, 0.2) is 29.0 Å². The Morgan fingerprint density at radius 3 is 2.88 bits per heavy atom. The molecule has 2 rings (SSSR count). The van der Waals surface area contributed by atoms with Gasteiger partial charge in [-0.15, -0.1) is 0 Å². The molecule has 0 amide bonds. The molecule has 1 atom stereocenters. The van der Waals surface area contributed by atoms with Gasteiger partial charge in [0.1, 0.15) is 5.52 Å². The first-order chi connectivity index (χ1) is 7.69. The molecule has 0 saturated heterocycles. The molecule has 0 aliphatic rings. The van der Waals surface area contributed by atoms with Gasteiger partial charge in [0.05, 0.1) is 6.26 Å². The van der Waals surface area contributed by atoms with Crippen LogP contribution in [-0.2, 0) is 5.41 Å². The Morgan fingerprint density at radius 2 is 2.19 bits per heavy atom. The highest BCUT2D eigenvalue weighted by Crippen LogP contribution is 2.33. The summed E-state index contributed by atoms with van der Waals surface area (Å²) >= 11 is 0. The van der Waals surface area contributed by atoms with E-state index in [1.807, 2.05) is 12.3 Å². The van der Waals surface area contributed by atoms with Crippen LogP contribution >= 0.6 is 0 Å². The van der Waals surface area contributed by atoms with Crippen LogP contribution in [0.1, 0.15) is 45.6 Å². The molecule has 0 aromatic carbocycles. The molecule has 1 unspecified atom stereocenters. The van der Waals surface area contributed by atoms with E-state index in [9.17, 15) is 0 Å². The smallest absolute Gasteiger partial charge is 0.152 e. The van der Waals surface area contributed by atoms with Gasteiger partial charge in [-0.3, -0.25) is 4.98 Å². The second-order valence-corrected chi connectivity index (χ2v) is 4.69. The maximum absolute atomic E-state index is 5.41. The standard InChI is InChI=1S/C14H19NO/c1-4-7-14(3,5-2)11-9-13-12(15-10-11)6-8-16-13/h6,8-10H,4-5,7H2,1-3H3. The van der Waals surface area contributed by atoms with E-state index in [-0.39, 0.29) is 5.41 Å². The van der Waals surface area contributed by atoms with Gasteiger partial charge in [0.2, 0.25) is 0 Å². The summed E-state index contributed by atoms with van der Waals surface area (Å²) in [5.74, 6) is 0. The number of hydrogen-bond donors (Lipinski definition) is 0. The Bertz CT molecular complexity index is 474. The third-order valence-electron chi connectivity index (χ3n) is 3.58. The molecule has 0 fully saturated rings. The first-order valence-corrected chi connectivity index (χ1v) is 6.03. The van der Waals surface area contributed by atoms with Gasteiger partial charge in [0.25, 0.3) is 0 Å². The lowest BCUT2D eigenvalue weighted by molar-refractivity contribution is 0.412. The lowest BCUT2D eigenvalue weighted by Gasteiger charge is -2.28. The summed E-state index contributed by atoms with van der Waals surface area (Å²) in [4.78, 5) is 4.44. The molecular weight excluding hydrogens is 198 g/mol. The Labute approximate surface area is 96.7 Å². The number of pyridine rings is 1. The maximum Gasteiger partial charge on any atom is 0.152 e. The second-order valence-electron chi connectivity index (χ2n) is 4.69. The minimum atomic E-state index is 0.225. The van der Waals surface area contributed by atoms with Gasteiger partial charge in [0.15, 0.2) is 5.58 Å². The highest BCUT2D eigenvalue weighted by Gasteiger charge is 2.24. The van der Waals surface area contributed by atoms with Crippen LogP contribution in [0, 0.1) is 0 Å². The molecule has 86 valence electrons. The Hall–Kier alpha value is -1.31. The zero-order chi connectivity index (χ0) is 11.6. The van der Waals surface area contributed by atoms with Crippen molar-refractivity contribution in [1.29, 1.82) is 0 Å². The molecule has 0 spiro atoms. The third kappa shape index (κ3) is 1.84. The van der Waals surface area contributed by atoms with Gasteiger partial charge < -0.3 is 4.42 Å². The van der Waals surface area contributed by atoms with Crippen LogP contribution in [0.2, 0.25) is 0 Å². The van der Waals surface area contributed by atoms with Gasteiger partial charge in [-0.2, -0.15) is 0 Å². The molecule has 2 heteroatoms. The zero-order valence-electron chi connectivity index (χ0n) is 10.3. The summed E-state index contributed by atoms with van der Waals surface area (Å²) in [5.41, 5.74) is 3.36. The summed E-state index contributed by atoms with van der Waals surface area (Å²) in [7, 11) is 0. The number of aromatic nitrogens is 1. The highest BCUT2D eigenvalue weighted by atomic mass is 16.3. The molecule has 0 saturated carbocycles. The summed E-state index contributed by atoms with van der Waals surface area (Å²) in [5, 5.41) is 0. The Balaban J connectivity index is 2.44. The number of furan rings is 1. The number of nitrogens with zero attached hydrogens (tertiary/aromatic N) is 1. The van der Waals surface area contributed by atoms with Crippen molar-refractivity contribution >= 4 is 11.1 Å². The minimum absolute atomic E-state index is 0.225. The fourth-order valence-electron chi connectivity index (χ4n) is 2.25. The largest absolute Gasteiger partial charge is 0.463 e. The highest BCUT2D eigenvalue weighted by molar-refractivity contribution is 5.72. The van der Waals surface area contributed by atoms with E-state index in [0.29, 0.717) is 0 Å². The number of fused-ring (bicyclic) bond motifs is 1. The van der Waals surface area contributed by atoms with Crippen LogP contribution in [0.25, 0.3) is 11.1 Å². The summed E-state index contributed by atoms with van der Waals surface area (Å²) in [6, 6.07) is 4.05. The molecule has 2 aromatic rings. The Kier molecular flexibility index (Phi) is 2.99. The van der Waals surface area contributed by atoms with Crippen molar-refractivity contribution in [1.82, 2.24) is 4.98 Å². The molecule has 2 aromatic heterocycles. The van der Waals surface area contributed by atoms with Crippen LogP contribution in [-0.4, -0.2) is 4.98 Å². The van der Waals surface area contributed by atoms with Crippen molar-refractivity contribution in [2.45, 2.75) is 45.4 Å². The van der Waals surface area contributed by atoms with E-state index < -0.39 is 0 Å². The van der Waals surface area contributed by atoms with Crippen molar-refractivity contribution in [2.75, 3.05) is 0 Å². The van der Waals surface area contributed by atoms with Crippen molar-refractivity contribution in [2.24, 2.45) is 0 Å². The third-order valence-corrected chi connectivity index (χ3v) is 3.58. The van der Waals surface area contributed by atoms with E-state index in [4.69, 9.17) is 4.42 Å². The van der Waals surface area contributed by atoms with Crippen molar-refractivity contribution in [3.63, 3.8) is 0 Å². The molecule has 0 radical (unpaired) electrons. The van der Waals surface area contributed by atoms with E-state index in [1.165, 1.54) is 18.4 Å². The molecule has 0 bridgehead atoms. The average molecular weight is 217 g/mol. The predicted molar refractivity (Wildman–Crippen MR) is 66.6 cm³/mol. The molecule has 2 nitrogen and oxygen atoms in total. The molecule has 0 N–H and O–H groups in total. The van der Waals surface area contributed by atoms with Crippen LogP contribution in [0.4, 0.5) is 0 Å². The van der Waals surface area contributed by atoms with Crippen LogP contribution in [0.3, 0.4) is 0 Å². The zero-order valence-corrected chi connectivity index (χ0v) is 10.3. The molecule has 0 aliphatic heterocycles. The maximum atomic E-state index is 5.41. The SMILES string of the molecule is CCCC(C)(CC)c1cnc2ccoc2c1. The fourth-order valence-corrected chi connectivity index (χ4v) is 2.25. The molecule has 16 heavy (non-hydrogen) atoms. The van der Waals surface area contributed by atoms with Crippen LogP contribution in [0.5, 0.6) is 0 Å². The van der Waals surface area contributed by atoms with Gasteiger partial charge in [-0.05, 0) is 29.9 Å². The first kappa shape index (κ1) is 11.2. The quantitative estimate of drug-likeness (QED) is 0.763. The molecule has 0 aliphatic carbocycles. The van der Waals surface area contributed by atoms with Gasteiger partial charge >= 0.3 is 0 Å². The van der Waals surface area contributed by atoms with E-state index in [1.54, 1.807) is 6.26 Å². The Morgan fingerprint density at radius 1 is 1.38 bits per heavy atom. The lowest BCUT2D eigenvalue weighted by atomic mass is 9.77. The second kappa shape index (κ2) is 4.28. The van der Waals surface area contributed by atoms with Gasteiger partial charge in [0, 0.05) is 12.3 Å². The molecule has 2 heterocycles. The monoisotopic (exact) mass is 217 g/mol. The summed E-state index contributed by atoms with van der Waals surface area (Å²) in [6.45, 7) is 6.77. The summed E-state index contributed by atoms with van der Waals surface area (Å²) < 4.78 is 5.41. The van der Waals surface area contributed by atoms with E-state index in [0.717, 1.165) is 17.5 Å². The molecular formula is C14H19NO. The van der Waals surface area contributed by atoms with Gasteiger partial charge in [-0.1, -0.05) is 27.2 Å². The number of rotatable bonds is 4. The van der Waals surface area contributed by atoms with Crippen LogP contribution < -0.4 is 0 Å². The normalized spacial score (nSPS) is 15.2. The lowest BCUT2D eigenvalue weighted by Crippen LogP contribution is -2.20. The fraction of sp³-hybridized carbons (Fsp3) is 0.500. The predicted octanol–water partition coefficient (Wildman–Crippen LogP) is 4.30. The first-order valence-electron chi connectivity index (χ1n) is 6.03. The van der Waals surface area contributed by atoms with Gasteiger partial charge in [-0.25, -0.2) is 0 Å². The van der Waals surface area contributed by atoms with E-state index in [2.05, 4.69) is 31.8 Å². The van der Waals surface area contributed by atoms with Crippen molar-refractivity contribution in [3.8, 4) is 0 Å². The van der Waals surface area contributed by atoms with Crippen molar-refractivity contribution in [3.05, 3.63) is 30.2 Å². The minimum Gasteiger partial charge on any atom is -0.463 e.